The number of ether oxygens (including phenoxy) is 1. The average Bonchev–Trinajstić information content (AvgIpc) is 2.45. The molecule has 0 radical (unpaired) electrons. The Labute approximate surface area is 121 Å². The van der Waals surface area contributed by atoms with Gasteiger partial charge in [-0.25, -0.2) is 4.99 Å². The van der Waals surface area contributed by atoms with E-state index in [0.717, 1.165) is 23.6 Å². The molecule has 5 heteroatoms. The van der Waals surface area contributed by atoms with Crippen molar-refractivity contribution in [2.75, 3.05) is 20.3 Å². The van der Waals surface area contributed by atoms with Gasteiger partial charge in [-0.15, -0.1) is 0 Å². The largest absolute Gasteiger partial charge is 0.392 e. The first-order valence-electron chi connectivity index (χ1n) is 6.92. The second kappa shape index (κ2) is 9.34. The van der Waals surface area contributed by atoms with Crippen LogP contribution >= 0.6 is 0 Å². The molecule has 0 aromatic heterocycles. The Kier molecular flexibility index (Phi) is 7.69. The predicted molar refractivity (Wildman–Crippen MR) is 81.7 cm³/mol. The van der Waals surface area contributed by atoms with Gasteiger partial charge in [-0.05, 0) is 25.0 Å². The number of aliphatic imine (C=N–C) groups is 1. The molecule has 1 rings (SSSR count). The lowest BCUT2D eigenvalue weighted by Gasteiger charge is -2.17. The fourth-order valence-corrected chi connectivity index (χ4v) is 1.88. The van der Waals surface area contributed by atoms with Gasteiger partial charge < -0.3 is 20.5 Å². The molecule has 1 atom stereocenters. The van der Waals surface area contributed by atoms with Crippen molar-refractivity contribution in [3.8, 4) is 0 Å². The molecule has 0 aliphatic rings. The summed E-state index contributed by atoms with van der Waals surface area (Å²) in [6.45, 7) is 6.06. The molecule has 0 saturated heterocycles. The molecule has 1 aromatic rings. The third-order valence-electron chi connectivity index (χ3n) is 2.84. The molecular weight excluding hydrogens is 254 g/mol. The highest BCUT2D eigenvalue weighted by atomic mass is 16.5. The standard InChI is InChI=1S/C15H25N3O2/c1-4-16-15(18-12(2)11-20-3)17-9-13-7-5-6-8-14(13)10-19/h5-8,12,19H,4,9-11H2,1-3H3,(H2,16,17,18). The molecule has 1 unspecified atom stereocenters. The first-order chi connectivity index (χ1) is 9.71. The quantitative estimate of drug-likeness (QED) is 0.519. The van der Waals surface area contributed by atoms with E-state index in [2.05, 4.69) is 15.6 Å². The number of hydrogen-bond donors (Lipinski definition) is 3. The fraction of sp³-hybridized carbons (Fsp3) is 0.533. The zero-order valence-electron chi connectivity index (χ0n) is 12.5. The summed E-state index contributed by atoms with van der Waals surface area (Å²) < 4.78 is 5.10. The van der Waals surface area contributed by atoms with Crippen molar-refractivity contribution in [1.29, 1.82) is 0 Å². The highest BCUT2D eigenvalue weighted by Gasteiger charge is 2.05. The molecule has 0 aliphatic carbocycles. The van der Waals surface area contributed by atoms with Gasteiger partial charge in [-0.2, -0.15) is 0 Å². The summed E-state index contributed by atoms with van der Waals surface area (Å²) >= 11 is 0. The van der Waals surface area contributed by atoms with Crippen LogP contribution in [0.25, 0.3) is 0 Å². The number of methoxy groups -OCH3 is 1. The Morgan fingerprint density at radius 2 is 2.05 bits per heavy atom. The highest BCUT2D eigenvalue weighted by molar-refractivity contribution is 5.80. The van der Waals surface area contributed by atoms with Crippen LogP contribution < -0.4 is 10.6 Å². The molecule has 0 aliphatic heterocycles. The molecule has 112 valence electrons. The third-order valence-corrected chi connectivity index (χ3v) is 2.84. The minimum Gasteiger partial charge on any atom is -0.392 e. The Morgan fingerprint density at radius 3 is 2.65 bits per heavy atom. The second-order valence-corrected chi connectivity index (χ2v) is 4.62. The Bertz CT molecular complexity index is 421. The third kappa shape index (κ3) is 5.59. The van der Waals surface area contributed by atoms with Crippen molar-refractivity contribution < 1.29 is 9.84 Å². The second-order valence-electron chi connectivity index (χ2n) is 4.62. The molecule has 1 aromatic carbocycles. The summed E-state index contributed by atoms with van der Waals surface area (Å²) in [4.78, 5) is 4.54. The smallest absolute Gasteiger partial charge is 0.191 e. The topological polar surface area (TPSA) is 65.9 Å². The predicted octanol–water partition coefficient (Wildman–Crippen LogP) is 1.27. The van der Waals surface area contributed by atoms with Crippen LogP contribution in [0.3, 0.4) is 0 Å². The van der Waals surface area contributed by atoms with Crippen LogP contribution in [-0.4, -0.2) is 37.4 Å². The van der Waals surface area contributed by atoms with Gasteiger partial charge in [0.1, 0.15) is 0 Å². The summed E-state index contributed by atoms with van der Waals surface area (Å²) in [6.07, 6.45) is 0. The Balaban J connectivity index is 2.70. The summed E-state index contributed by atoms with van der Waals surface area (Å²) in [5.74, 6) is 0.754. The number of benzene rings is 1. The van der Waals surface area contributed by atoms with E-state index in [1.807, 2.05) is 38.1 Å². The number of guanidine groups is 1. The van der Waals surface area contributed by atoms with E-state index >= 15 is 0 Å². The minimum atomic E-state index is 0.0374. The van der Waals surface area contributed by atoms with Crippen LogP contribution in [0.1, 0.15) is 25.0 Å². The van der Waals surface area contributed by atoms with Crippen molar-refractivity contribution in [3.63, 3.8) is 0 Å². The Hall–Kier alpha value is -1.59. The van der Waals surface area contributed by atoms with E-state index in [-0.39, 0.29) is 12.6 Å². The normalized spacial score (nSPS) is 13.1. The minimum absolute atomic E-state index is 0.0374. The van der Waals surface area contributed by atoms with Crippen LogP contribution in [0.2, 0.25) is 0 Å². The van der Waals surface area contributed by atoms with Crippen molar-refractivity contribution in [2.24, 2.45) is 4.99 Å². The number of hydrogen-bond acceptors (Lipinski definition) is 3. The van der Waals surface area contributed by atoms with Crippen LogP contribution in [-0.2, 0) is 17.9 Å². The number of nitrogens with one attached hydrogen (secondary N) is 2. The van der Waals surface area contributed by atoms with Gasteiger partial charge in [-0.3, -0.25) is 0 Å². The first-order valence-corrected chi connectivity index (χ1v) is 6.92. The summed E-state index contributed by atoms with van der Waals surface area (Å²) in [5.41, 5.74) is 1.95. The van der Waals surface area contributed by atoms with E-state index in [1.54, 1.807) is 7.11 Å². The van der Waals surface area contributed by atoms with Gasteiger partial charge in [0.2, 0.25) is 0 Å². The molecule has 0 bridgehead atoms. The molecule has 0 spiro atoms. The average molecular weight is 279 g/mol. The SMILES string of the molecule is CCNC(=NCc1ccccc1CO)NC(C)COC. The molecule has 20 heavy (non-hydrogen) atoms. The zero-order valence-corrected chi connectivity index (χ0v) is 12.5. The van der Waals surface area contributed by atoms with Crippen molar-refractivity contribution >= 4 is 5.96 Å². The molecular formula is C15H25N3O2. The summed E-state index contributed by atoms with van der Waals surface area (Å²) in [7, 11) is 1.68. The highest BCUT2D eigenvalue weighted by Crippen LogP contribution is 2.09. The Morgan fingerprint density at radius 1 is 1.35 bits per heavy atom. The van der Waals surface area contributed by atoms with Gasteiger partial charge in [0.15, 0.2) is 5.96 Å². The number of aliphatic hydroxyl groups excluding tert-OH is 1. The van der Waals surface area contributed by atoms with E-state index in [4.69, 9.17) is 4.74 Å². The van der Waals surface area contributed by atoms with Crippen molar-refractivity contribution in [2.45, 2.75) is 33.0 Å². The number of nitrogens with zero attached hydrogens (tertiary/aromatic N) is 1. The maximum Gasteiger partial charge on any atom is 0.191 e. The molecule has 3 N–H and O–H groups in total. The maximum atomic E-state index is 9.31. The van der Waals surface area contributed by atoms with E-state index in [9.17, 15) is 5.11 Å². The fourth-order valence-electron chi connectivity index (χ4n) is 1.88. The molecule has 5 nitrogen and oxygen atoms in total. The van der Waals surface area contributed by atoms with Gasteiger partial charge in [0.25, 0.3) is 0 Å². The first kappa shape index (κ1) is 16.5. The molecule has 0 heterocycles. The number of aliphatic hydroxyl groups is 1. The van der Waals surface area contributed by atoms with Crippen LogP contribution in [0.5, 0.6) is 0 Å². The van der Waals surface area contributed by atoms with E-state index < -0.39 is 0 Å². The lowest BCUT2D eigenvalue weighted by molar-refractivity contribution is 0.179. The lowest BCUT2D eigenvalue weighted by Crippen LogP contribution is -2.43. The van der Waals surface area contributed by atoms with Gasteiger partial charge in [0.05, 0.1) is 19.8 Å². The molecule has 0 fully saturated rings. The zero-order chi connectivity index (χ0) is 14.8. The number of rotatable bonds is 7. The van der Waals surface area contributed by atoms with E-state index in [0.29, 0.717) is 13.2 Å². The van der Waals surface area contributed by atoms with Crippen molar-refractivity contribution in [1.82, 2.24) is 10.6 Å². The lowest BCUT2D eigenvalue weighted by atomic mass is 10.1. The van der Waals surface area contributed by atoms with Gasteiger partial charge in [-0.1, -0.05) is 24.3 Å². The van der Waals surface area contributed by atoms with Crippen LogP contribution in [0.15, 0.2) is 29.3 Å². The van der Waals surface area contributed by atoms with Crippen LogP contribution in [0.4, 0.5) is 0 Å². The summed E-state index contributed by atoms with van der Waals surface area (Å²) in [6, 6.07) is 7.96. The maximum absolute atomic E-state index is 9.31. The molecule has 0 amide bonds. The van der Waals surface area contributed by atoms with Crippen LogP contribution in [0, 0.1) is 0 Å². The van der Waals surface area contributed by atoms with Gasteiger partial charge in [0, 0.05) is 19.7 Å². The van der Waals surface area contributed by atoms with E-state index in [1.165, 1.54) is 0 Å². The summed E-state index contributed by atoms with van der Waals surface area (Å²) in [5, 5.41) is 15.8. The van der Waals surface area contributed by atoms with Crippen molar-refractivity contribution in [3.05, 3.63) is 35.4 Å². The van der Waals surface area contributed by atoms with Gasteiger partial charge >= 0.3 is 0 Å². The monoisotopic (exact) mass is 279 g/mol. The molecule has 0 saturated carbocycles.